The molecule has 1 aliphatic heterocycles. The standard InChI is InChI=1S/C26H20ClN7O4/c1-32-20-6-3-17(8-15(20)10-23(32)26(37)38)29-25(36)22-7-4-18-9-14(11-24(35)34(18)22)19-12-16(27)2-5-21(19)33-13-28-30-31-33/h2-3,5-6,8-13,22H,4,7H2,1H3,(H,29,36)(H,37,38). The Labute approximate surface area is 219 Å². The van der Waals surface area contributed by atoms with E-state index in [2.05, 4.69) is 20.8 Å². The first-order chi connectivity index (χ1) is 18.3. The van der Waals surface area contributed by atoms with Crippen LogP contribution in [0.2, 0.25) is 5.02 Å². The van der Waals surface area contributed by atoms with Gasteiger partial charge in [0.2, 0.25) is 5.91 Å². The van der Waals surface area contributed by atoms with Gasteiger partial charge in [-0.05, 0) is 77.4 Å². The third-order valence-electron chi connectivity index (χ3n) is 6.83. The fourth-order valence-electron chi connectivity index (χ4n) is 5.07. The SMILES string of the molecule is Cn1c(C(=O)O)cc2cc(NC(=O)C3CCc4cc(-c5cc(Cl)ccc5-n5cnnn5)cc(=O)n43)ccc21. The fraction of sp³-hybridized carbons (Fsp3) is 0.154. The second kappa shape index (κ2) is 8.96. The Morgan fingerprint density at radius 1 is 1.11 bits per heavy atom. The Morgan fingerprint density at radius 2 is 1.95 bits per heavy atom. The highest BCUT2D eigenvalue weighted by Crippen LogP contribution is 2.33. The van der Waals surface area contributed by atoms with Crippen LogP contribution in [0.4, 0.5) is 5.69 Å². The molecule has 0 saturated heterocycles. The number of nitrogens with one attached hydrogen (secondary N) is 1. The Bertz CT molecular complexity index is 1810. The molecule has 1 amide bonds. The maximum absolute atomic E-state index is 13.3. The average Bonchev–Trinajstić information content (AvgIpc) is 3.63. The van der Waals surface area contributed by atoms with Crippen molar-refractivity contribution in [2.75, 3.05) is 5.32 Å². The first-order valence-electron chi connectivity index (χ1n) is 11.7. The number of fused-ring (bicyclic) bond motifs is 2. The summed E-state index contributed by atoms with van der Waals surface area (Å²) in [6.45, 7) is 0. The summed E-state index contributed by atoms with van der Waals surface area (Å²) in [6, 6.07) is 14.7. The number of carboxylic acid groups (broad SMARTS) is 1. The topological polar surface area (TPSA) is 137 Å². The van der Waals surface area contributed by atoms with Gasteiger partial charge in [-0.25, -0.2) is 4.79 Å². The Morgan fingerprint density at radius 3 is 2.71 bits per heavy atom. The largest absolute Gasteiger partial charge is 0.477 e. The number of tetrazole rings is 1. The second-order valence-electron chi connectivity index (χ2n) is 9.07. The molecule has 5 aromatic rings. The van der Waals surface area contributed by atoms with Crippen molar-refractivity contribution in [1.82, 2.24) is 29.3 Å². The van der Waals surface area contributed by atoms with Crippen LogP contribution in [-0.2, 0) is 18.3 Å². The number of aryl methyl sites for hydroxylation is 2. The number of carbonyl (C=O) groups excluding carboxylic acids is 1. The minimum absolute atomic E-state index is 0.151. The van der Waals surface area contributed by atoms with E-state index in [0.717, 1.165) is 11.2 Å². The van der Waals surface area contributed by atoms with Gasteiger partial charge in [0, 0.05) is 46.0 Å². The number of benzene rings is 2. The normalized spacial score (nSPS) is 14.5. The minimum atomic E-state index is -1.03. The van der Waals surface area contributed by atoms with Crippen molar-refractivity contribution < 1.29 is 14.7 Å². The van der Waals surface area contributed by atoms with Gasteiger partial charge >= 0.3 is 5.97 Å². The van der Waals surface area contributed by atoms with Crippen molar-refractivity contribution in [2.24, 2.45) is 7.05 Å². The van der Waals surface area contributed by atoms with Crippen molar-refractivity contribution >= 4 is 40.1 Å². The number of halogens is 1. The van der Waals surface area contributed by atoms with Crippen molar-refractivity contribution in [3.05, 3.63) is 87.7 Å². The summed E-state index contributed by atoms with van der Waals surface area (Å²) in [5.41, 5.74) is 3.85. The number of nitrogens with zero attached hydrogens (tertiary/aromatic N) is 6. The molecule has 2 N–H and O–H groups in total. The summed E-state index contributed by atoms with van der Waals surface area (Å²) < 4.78 is 4.59. The third-order valence-corrected chi connectivity index (χ3v) is 7.07. The smallest absolute Gasteiger partial charge is 0.352 e. The molecule has 11 nitrogen and oxygen atoms in total. The molecule has 2 aromatic carbocycles. The van der Waals surface area contributed by atoms with Crippen LogP contribution in [0.5, 0.6) is 0 Å². The predicted octanol–water partition coefficient (Wildman–Crippen LogP) is 3.46. The lowest BCUT2D eigenvalue weighted by atomic mass is 10.0. The Balaban J connectivity index is 1.31. The molecule has 38 heavy (non-hydrogen) atoms. The van der Waals surface area contributed by atoms with Crippen LogP contribution >= 0.6 is 11.6 Å². The summed E-state index contributed by atoms with van der Waals surface area (Å²) in [5, 5.41) is 24.8. The van der Waals surface area contributed by atoms with Crippen molar-refractivity contribution in [2.45, 2.75) is 18.9 Å². The van der Waals surface area contributed by atoms with Gasteiger partial charge in [-0.3, -0.25) is 9.59 Å². The first-order valence-corrected chi connectivity index (χ1v) is 12.1. The summed E-state index contributed by atoms with van der Waals surface area (Å²) in [5.74, 6) is -1.34. The maximum atomic E-state index is 13.3. The maximum Gasteiger partial charge on any atom is 0.352 e. The zero-order valence-corrected chi connectivity index (χ0v) is 20.8. The summed E-state index contributed by atoms with van der Waals surface area (Å²) in [7, 11) is 1.68. The van der Waals surface area contributed by atoms with Gasteiger partial charge in [0.25, 0.3) is 5.56 Å². The molecule has 190 valence electrons. The Kier molecular flexibility index (Phi) is 5.57. The summed E-state index contributed by atoms with van der Waals surface area (Å²) in [6.07, 6.45) is 2.47. The zero-order valence-electron chi connectivity index (χ0n) is 20.0. The van der Waals surface area contributed by atoms with E-state index in [0.29, 0.717) is 45.8 Å². The minimum Gasteiger partial charge on any atom is -0.477 e. The molecule has 1 unspecified atom stereocenters. The lowest BCUT2D eigenvalue weighted by molar-refractivity contribution is -0.119. The number of pyridine rings is 1. The lowest BCUT2D eigenvalue weighted by Crippen LogP contribution is -2.31. The predicted molar refractivity (Wildman–Crippen MR) is 140 cm³/mol. The van der Waals surface area contributed by atoms with Crippen LogP contribution in [0.1, 0.15) is 28.6 Å². The van der Waals surface area contributed by atoms with E-state index < -0.39 is 12.0 Å². The van der Waals surface area contributed by atoms with Gasteiger partial charge in [0.1, 0.15) is 18.1 Å². The van der Waals surface area contributed by atoms with Crippen LogP contribution in [0.3, 0.4) is 0 Å². The monoisotopic (exact) mass is 529 g/mol. The molecule has 0 aliphatic carbocycles. The Hall–Kier alpha value is -4.77. The highest BCUT2D eigenvalue weighted by Gasteiger charge is 2.30. The average molecular weight is 530 g/mol. The molecule has 1 aliphatic rings. The molecular formula is C26H20ClN7O4. The molecule has 0 radical (unpaired) electrons. The van der Waals surface area contributed by atoms with Gasteiger partial charge in [-0.2, -0.15) is 4.68 Å². The molecule has 1 atom stereocenters. The quantitative estimate of drug-likeness (QED) is 0.355. The third kappa shape index (κ3) is 3.93. The molecule has 0 spiro atoms. The van der Waals surface area contributed by atoms with Gasteiger partial charge in [0.05, 0.1) is 5.69 Å². The van der Waals surface area contributed by atoms with Crippen molar-refractivity contribution in [3.8, 4) is 16.8 Å². The second-order valence-corrected chi connectivity index (χ2v) is 9.51. The summed E-state index contributed by atoms with van der Waals surface area (Å²) >= 11 is 6.26. The number of aromatic nitrogens is 6. The van der Waals surface area contributed by atoms with Gasteiger partial charge in [-0.15, -0.1) is 5.10 Å². The van der Waals surface area contributed by atoms with Crippen LogP contribution in [0, 0.1) is 0 Å². The number of hydrogen-bond acceptors (Lipinski definition) is 6. The van der Waals surface area contributed by atoms with Crippen LogP contribution < -0.4 is 10.9 Å². The number of rotatable bonds is 5. The number of hydrogen-bond donors (Lipinski definition) is 2. The van der Waals surface area contributed by atoms with E-state index in [4.69, 9.17) is 11.6 Å². The van der Waals surface area contributed by atoms with Crippen LogP contribution in [0.15, 0.2) is 65.7 Å². The van der Waals surface area contributed by atoms with E-state index in [-0.39, 0.29) is 17.2 Å². The van der Waals surface area contributed by atoms with Gasteiger partial charge < -0.3 is 19.6 Å². The number of amides is 1. The number of carbonyl (C=O) groups is 2. The molecule has 4 heterocycles. The molecule has 12 heteroatoms. The lowest BCUT2D eigenvalue weighted by Gasteiger charge is -2.16. The van der Waals surface area contributed by atoms with E-state index in [9.17, 15) is 19.5 Å². The molecular weight excluding hydrogens is 510 g/mol. The van der Waals surface area contributed by atoms with Crippen LogP contribution in [-0.4, -0.2) is 46.3 Å². The highest BCUT2D eigenvalue weighted by molar-refractivity contribution is 6.31. The zero-order chi connectivity index (χ0) is 26.6. The van der Waals surface area contributed by atoms with E-state index in [1.54, 1.807) is 54.1 Å². The molecule has 6 rings (SSSR count). The molecule has 0 bridgehead atoms. The highest BCUT2D eigenvalue weighted by atomic mass is 35.5. The van der Waals surface area contributed by atoms with Gasteiger partial charge in [-0.1, -0.05) is 11.6 Å². The van der Waals surface area contributed by atoms with E-state index >= 15 is 0 Å². The number of anilines is 1. The van der Waals surface area contributed by atoms with Crippen molar-refractivity contribution in [1.29, 1.82) is 0 Å². The summed E-state index contributed by atoms with van der Waals surface area (Å²) in [4.78, 5) is 38.0. The molecule has 0 fully saturated rings. The number of aromatic carboxylic acids is 1. The van der Waals surface area contributed by atoms with Crippen LogP contribution in [0.25, 0.3) is 27.7 Å². The van der Waals surface area contributed by atoms with E-state index in [1.165, 1.54) is 21.6 Å². The van der Waals surface area contributed by atoms with E-state index in [1.807, 2.05) is 6.07 Å². The molecule has 3 aromatic heterocycles. The van der Waals surface area contributed by atoms with Gasteiger partial charge in [0.15, 0.2) is 0 Å². The fourth-order valence-corrected chi connectivity index (χ4v) is 5.24. The first kappa shape index (κ1) is 23.6. The molecule has 0 saturated carbocycles. The van der Waals surface area contributed by atoms with Crippen molar-refractivity contribution in [3.63, 3.8) is 0 Å². The number of carboxylic acids is 1.